The minimum atomic E-state index is 0. The van der Waals surface area contributed by atoms with E-state index in [9.17, 15) is 0 Å². The zero-order valence-electron chi connectivity index (χ0n) is 13.3. The van der Waals surface area contributed by atoms with Crippen LogP contribution in [0.2, 0.25) is 0 Å². The fourth-order valence-electron chi connectivity index (χ4n) is 1.66. The molecule has 0 aromatic heterocycles. The van der Waals surface area contributed by atoms with Crippen LogP contribution >= 0.6 is 35.7 Å². The lowest BCUT2D eigenvalue weighted by atomic mass is 10.0. The number of nitrogens with one attached hydrogen (secondary N) is 2. The SMILES string of the molecule is CN=C(NCC(C)SC)NC(C)CCCC(C)C.I. The third-order valence-corrected chi connectivity index (χ3v) is 3.96. The maximum atomic E-state index is 4.26. The van der Waals surface area contributed by atoms with Gasteiger partial charge < -0.3 is 10.6 Å². The molecule has 0 heterocycles. The van der Waals surface area contributed by atoms with Crippen LogP contribution in [0.25, 0.3) is 0 Å². The molecule has 0 amide bonds. The largest absolute Gasteiger partial charge is 0.355 e. The van der Waals surface area contributed by atoms with Crippen LogP contribution in [-0.4, -0.2) is 37.1 Å². The Morgan fingerprint density at radius 1 is 1.16 bits per heavy atom. The zero-order chi connectivity index (χ0) is 14.0. The van der Waals surface area contributed by atoms with Gasteiger partial charge in [0.15, 0.2) is 5.96 Å². The first-order chi connectivity index (χ1) is 8.49. The van der Waals surface area contributed by atoms with Gasteiger partial charge in [0.05, 0.1) is 0 Å². The summed E-state index contributed by atoms with van der Waals surface area (Å²) >= 11 is 1.87. The van der Waals surface area contributed by atoms with E-state index in [0.717, 1.165) is 18.4 Å². The molecule has 0 saturated heterocycles. The monoisotopic (exact) mass is 401 g/mol. The van der Waals surface area contributed by atoms with Crippen molar-refractivity contribution in [2.24, 2.45) is 10.9 Å². The van der Waals surface area contributed by atoms with Crippen LogP contribution in [0.4, 0.5) is 0 Å². The quantitative estimate of drug-likeness (QED) is 0.370. The van der Waals surface area contributed by atoms with Gasteiger partial charge in [0.1, 0.15) is 0 Å². The molecule has 2 atom stereocenters. The van der Waals surface area contributed by atoms with E-state index in [1.807, 2.05) is 18.8 Å². The van der Waals surface area contributed by atoms with Crippen molar-refractivity contribution in [2.45, 2.75) is 58.2 Å². The molecule has 0 saturated carbocycles. The van der Waals surface area contributed by atoms with E-state index in [0.29, 0.717) is 11.3 Å². The highest BCUT2D eigenvalue weighted by molar-refractivity contribution is 14.0. The molecular weight excluding hydrogens is 369 g/mol. The number of halogens is 1. The average Bonchev–Trinajstić information content (AvgIpc) is 2.33. The molecule has 5 heteroatoms. The Morgan fingerprint density at radius 2 is 1.79 bits per heavy atom. The summed E-state index contributed by atoms with van der Waals surface area (Å²) in [5, 5.41) is 7.43. The standard InChI is InChI=1S/C14H31N3S.HI/c1-11(2)8-7-9-12(3)17-14(15-5)16-10-13(4)18-6;/h11-13H,7-10H2,1-6H3,(H2,15,16,17);1H. The van der Waals surface area contributed by atoms with E-state index in [2.05, 4.69) is 49.6 Å². The van der Waals surface area contributed by atoms with Crippen LogP contribution in [0.5, 0.6) is 0 Å². The van der Waals surface area contributed by atoms with Crippen molar-refractivity contribution in [3.8, 4) is 0 Å². The Kier molecular flexibility index (Phi) is 15.2. The van der Waals surface area contributed by atoms with E-state index in [4.69, 9.17) is 0 Å². The second kappa shape index (κ2) is 13.3. The molecule has 116 valence electrons. The number of nitrogens with zero attached hydrogens (tertiary/aromatic N) is 1. The van der Waals surface area contributed by atoms with E-state index in [1.54, 1.807) is 0 Å². The summed E-state index contributed by atoms with van der Waals surface area (Å²) in [6.07, 6.45) is 5.93. The molecule has 0 aromatic carbocycles. The van der Waals surface area contributed by atoms with Gasteiger partial charge >= 0.3 is 0 Å². The van der Waals surface area contributed by atoms with Gasteiger partial charge in [-0.2, -0.15) is 11.8 Å². The summed E-state index contributed by atoms with van der Waals surface area (Å²) < 4.78 is 0. The zero-order valence-corrected chi connectivity index (χ0v) is 16.5. The fourth-order valence-corrected chi connectivity index (χ4v) is 1.91. The van der Waals surface area contributed by atoms with Crippen LogP contribution < -0.4 is 10.6 Å². The van der Waals surface area contributed by atoms with Gasteiger partial charge in [-0.1, -0.05) is 33.6 Å². The van der Waals surface area contributed by atoms with E-state index in [-0.39, 0.29) is 24.0 Å². The summed E-state index contributed by atoms with van der Waals surface area (Å²) in [6, 6.07) is 0.486. The highest BCUT2D eigenvalue weighted by Gasteiger charge is 2.06. The van der Waals surface area contributed by atoms with E-state index in [1.165, 1.54) is 19.3 Å². The van der Waals surface area contributed by atoms with Crippen molar-refractivity contribution in [3.63, 3.8) is 0 Å². The van der Waals surface area contributed by atoms with E-state index < -0.39 is 0 Å². The summed E-state index contributed by atoms with van der Waals surface area (Å²) in [5.41, 5.74) is 0. The lowest BCUT2D eigenvalue weighted by Crippen LogP contribution is -2.44. The highest BCUT2D eigenvalue weighted by atomic mass is 127. The topological polar surface area (TPSA) is 36.4 Å². The Morgan fingerprint density at radius 3 is 2.26 bits per heavy atom. The first-order valence-corrected chi connectivity index (χ1v) is 8.28. The van der Waals surface area contributed by atoms with Crippen LogP contribution in [0.3, 0.4) is 0 Å². The maximum Gasteiger partial charge on any atom is 0.191 e. The molecule has 0 spiro atoms. The van der Waals surface area contributed by atoms with Gasteiger partial charge in [-0.3, -0.25) is 4.99 Å². The minimum Gasteiger partial charge on any atom is -0.355 e. The Labute approximate surface area is 141 Å². The molecule has 3 nitrogen and oxygen atoms in total. The summed E-state index contributed by atoms with van der Waals surface area (Å²) in [6.45, 7) is 9.96. The van der Waals surface area contributed by atoms with Crippen LogP contribution in [0, 0.1) is 5.92 Å². The third-order valence-electron chi connectivity index (χ3n) is 2.98. The molecule has 0 aromatic rings. The number of aliphatic imine (C=N–C) groups is 1. The van der Waals surface area contributed by atoms with Crippen molar-refractivity contribution in [3.05, 3.63) is 0 Å². The summed E-state index contributed by atoms with van der Waals surface area (Å²) in [4.78, 5) is 4.26. The molecular formula is C14H32IN3S. The van der Waals surface area contributed by atoms with Crippen molar-refractivity contribution in [1.82, 2.24) is 10.6 Å². The van der Waals surface area contributed by atoms with Crippen molar-refractivity contribution < 1.29 is 0 Å². The fraction of sp³-hybridized carbons (Fsp3) is 0.929. The van der Waals surface area contributed by atoms with Gasteiger partial charge in [0.25, 0.3) is 0 Å². The predicted molar refractivity (Wildman–Crippen MR) is 101 cm³/mol. The maximum absolute atomic E-state index is 4.26. The molecule has 19 heavy (non-hydrogen) atoms. The molecule has 0 bridgehead atoms. The average molecular weight is 401 g/mol. The number of hydrogen-bond donors (Lipinski definition) is 2. The predicted octanol–water partition coefficient (Wildman–Crippen LogP) is 3.74. The first-order valence-electron chi connectivity index (χ1n) is 6.99. The number of hydrogen-bond acceptors (Lipinski definition) is 2. The number of rotatable bonds is 8. The lowest BCUT2D eigenvalue weighted by Gasteiger charge is -2.19. The van der Waals surface area contributed by atoms with Gasteiger partial charge in [-0.15, -0.1) is 24.0 Å². The smallest absolute Gasteiger partial charge is 0.191 e. The second-order valence-corrected chi connectivity index (χ2v) is 6.65. The van der Waals surface area contributed by atoms with E-state index >= 15 is 0 Å². The third kappa shape index (κ3) is 13.1. The molecule has 0 radical (unpaired) electrons. The molecule has 0 fully saturated rings. The Bertz CT molecular complexity index is 235. The number of guanidine groups is 1. The van der Waals surface area contributed by atoms with Crippen LogP contribution in [-0.2, 0) is 0 Å². The minimum absolute atomic E-state index is 0. The van der Waals surface area contributed by atoms with Crippen molar-refractivity contribution in [2.75, 3.05) is 19.8 Å². The summed E-state index contributed by atoms with van der Waals surface area (Å²) in [7, 11) is 1.83. The number of thioether (sulfide) groups is 1. The summed E-state index contributed by atoms with van der Waals surface area (Å²) in [5.74, 6) is 1.73. The molecule has 0 aliphatic rings. The highest BCUT2D eigenvalue weighted by Crippen LogP contribution is 2.08. The van der Waals surface area contributed by atoms with Gasteiger partial charge in [0, 0.05) is 24.9 Å². The van der Waals surface area contributed by atoms with Crippen molar-refractivity contribution >= 4 is 41.7 Å². The van der Waals surface area contributed by atoms with Gasteiger partial charge in [-0.25, -0.2) is 0 Å². The van der Waals surface area contributed by atoms with Crippen LogP contribution in [0.1, 0.15) is 47.0 Å². The first kappa shape index (κ1) is 21.6. The normalized spacial score (nSPS) is 14.8. The molecule has 0 aliphatic heterocycles. The second-order valence-electron chi connectivity index (χ2n) is 5.37. The molecule has 2 N–H and O–H groups in total. The molecule has 0 rings (SSSR count). The molecule has 0 aliphatic carbocycles. The van der Waals surface area contributed by atoms with Crippen LogP contribution in [0.15, 0.2) is 4.99 Å². The van der Waals surface area contributed by atoms with Gasteiger partial charge in [0.2, 0.25) is 0 Å². The van der Waals surface area contributed by atoms with Gasteiger partial charge in [-0.05, 0) is 25.5 Å². The Balaban J connectivity index is 0. The lowest BCUT2D eigenvalue weighted by molar-refractivity contribution is 0.491. The Hall–Kier alpha value is 0.350. The van der Waals surface area contributed by atoms with Crippen molar-refractivity contribution in [1.29, 1.82) is 0 Å². The molecule has 2 unspecified atom stereocenters.